The van der Waals surface area contributed by atoms with Gasteiger partial charge in [0.2, 0.25) is 11.8 Å². The third kappa shape index (κ3) is 5.60. The Morgan fingerprint density at radius 1 is 1.11 bits per heavy atom. The topological polar surface area (TPSA) is 108 Å². The minimum Gasteiger partial charge on any atom is -0.497 e. The molecule has 2 atom stereocenters. The molecule has 10 heteroatoms. The van der Waals surface area contributed by atoms with E-state index in [2.05, 4.69) is 15.6 Å². The molecule has 0 unspecified atom stereocenters. The van der Waals surface area contributed by atoms with Crippen LogP contribution in [0.25, 0.3) is 11.0 Å². The van der Waals surface area contributed by atoms with Crippen molar-refractivity contribution in [1.29, 1.82) is 0 Å². The van der Waals surface area contributed by atoms with E-state index in [1.165, 1.54) is 0 Å². The van der Waals surface area contributed by atoms with Gasteiger partial charge < -0.3 is 24.4 Å². The zero-order chi connectivity index (χ0) is 26.5. The summed E-state index contributed by atoms with van der Waals surface area (Å²) < 4.78 is 18.7. The number of nitrogens with zero attached hydrogens (tertiary/aromatic N) is 4. The number of hydrogen-bond donors (Lipinski definition) is 1. The average Bonchev–Trinajstić information content (AvgIpc) is 3.72. The molecule has 10 nitrogen and oxygen atoms in total. The standard InChI is InChI=1S/C28H35N5O5/c1-36-20-13-14-25(37-2)22(16-20)27(28(35)29-19-8-3-4-9-19)32(17-21-10-7-15-38-21)26(34)18-33-24-12-6-5-11-23(24)30-31-33/h5-6,11-14,16,19,21,27H,3-4,7-10,15,17-18H2,1-2H3,(H,29,35)/t21-,27-/m1/s1. The van der Waals surface area contributed by atoms with Crippen molar-refractivity contribution in [3.63, 3.8) is 0 Å². The summed E-state index contributed by atoms with van der Waals surface area (Å²) in [5, 5.41) is 11.6. The van der Waals surface area contributed by atoms with E-state index in [0.717, 1.165) is 44.0 Å². The molecular formula is C28H35N5O5. The lowest BCUT2D eigenvalue weighted by atomic mass is 10.0. The molecule has 2 aromatic carbocycles. The normalized spacial score (nSPS) is 18.4. The van der Waals surface area contributed by atoms with E-state index in [1.807, 2.05) is 24.3 Å². The van der Waals surface area contributed by atoms with Gasteiger partial charge in [0.1, 0.15) is 29.6 Å². The highest BCUT2D eigenvalue weighted by Crippen LogP contribution is 2.35. The molecule has 1 saturated carbocycles. The first-order valence-electron chi connectivity index (χ1n) is 13.3. The Morgan fingerprint density at radius 2 is 1.92 bits per heavy atom. The molecule has 1 N–H and O–H groups in total. The van der Waals surface area contributed by atoms with Gasteiger partial charge in [0.15, 0.2) is 0 Å². The van der Waals surface area contributed by atoms with Crippen molar-refractivity contribution < 1.29 is 23.8 Å². The van der Waals surface area contributed by atoms with Gasteiger partial charge in [-0.1, -0.05) is 30.2 Å². The van der Waals surface area contributed by atoms with Crippen molar-refractivity contribution in [3.8, 4) is 11.5 Å². The molecule has 1 aliphatic carbocycles. The lowest BCUT2D eigenvalue weighted by molar-refractivity contribution is -0.143. The number of amides is 2. The van der Waals surface area contributed by atoms with Crippen LogP contribution in [0.15, 0.2) is 42.5 Å². The monoisotopic (exact) mass is 521 g/mol. The second kappa shape index (κ2) is 11.8. The summed E-state index contributed by atoms with van der Waals surface area (Å²) in [6, 6.07) is 12.0. The van der Waals surface area contributed by atoms with E-state index >= 15 is 0 Å². The Bertz CT molecular complexity index is 1270. The Kier molecular flexibility index (Phi) is 8.07. The maximum atomic E-state index is 14.1. The van der Waals surface area contributed by atoms with Crippen molar-refractivity contribution in [2.45, 2.75) is 63.3 Å². The number of carbonyl (C=O) groups is 2. The van der Waals surface area contributed by atoms with Gasteiger partial charge in [-0.05, 0) is 56.0 Å². The van der Waals surface area contributed by atoms with Crippen LogP contribution in [0.1, 0.15) is 50.1 Å². The van der Waals surface area contributed by atoms with Crippen LogP contribution < -0.4 is 14.8 Å². The van der Waals surface area contributed by atoms with Crippen LogP contribution in [0.3, 0.4) is 0 Å². The van der Waals surface area contributed by atoms with Gasteiger partial charge in [-0.15, -0.1) is 5.10 Å². The minimum atomic E-state index is -0.938. The number of rotatable bonds is 10. The first-order valence-corrected chi connectivity index (χ1v) is 13.3. The zero-order valence-corrected chi connectivity index (χ0v) is 22.0. The summed E-state index contributed by atoms with van der Waals surface area (Å²) in [7, 11) is 3.13. The number of methoxy groups -OCH3 is 2. The van der Waals surface area contributed by atoms with Gasteiger partial charge in [0.25, 0.3) is 0 Å². The Morgan fingerprint density at radius 3 is 2.66 bits per heavy atom. The molecule has 5 rings (SSSR count). The van der Waals surface area contributed by atoms with Crippen molar-refractivity contribution in [2.75, 3.05) is 27.4 Å². The lowest BCUT2D eigenvalue weighted by Crippen LogP contribution is -2.49. The molecular weight excluding hydrogens is 486 g/mol. The van der Waals surface area contributed by atoms with E-state index in [-0.39, 0.29) is 37.0 Å². The number of carbonyl (C=O) groups excluding carboxylic acids is 2. The van der Waals surface area contributed by atoms with Gasteiger partial charge in [0.05, 0.1) is 25.8 Å². The van der Waals surface area contributed by atoms with E-state index in [0.29, 0.717) is 29.2 Å². The third-order valence-corrected chi connectivity index (χ3v) is 7.44. The molecule has 2 fully saturated rings. The number of hydrogen-bond acceptors (Lipinski definition) is 7. The number of ether oxygens (including phenoxy) is 3. The molecule has 2 heterocycles. The highest BCUT2D eigenvalue weighted by Gasteiger charge is 2.37. The Balaban J connectivity index is 1.54. The molecule has 0 radical (unpaired) electrons. The molecule has 0 bridgehead atoms. The predicted octanol–water partition coefficient (Wildman–Crippen LogP) is 3.26. The van der Waals surface area contributed by atoms with Crippen molar-refractivity contribution in [1.82, 2.24) is 25.2 Å². The van der Waals surface area contributed by atoms with Gasteiger partial charge in [-0.25, -0.2) is 4.68 Å². The van der Waals surface area contributed by atoms with E-state index in [9.17, 15) is 9.59 Å². The Hall–Kier alpha value is -3.66. The summed E-state index contributed by atoms with van der Waals surface area (Å²) in [6.45, 7) is 0.850. The van der Waals surface area contributed by atoms with Gasteiger partial charge in [-0.2, -0.15) is 0 Å². The quantitative estimate of drug-likeness (QED) is 0.436. The fraction of sp³-hybridized carbons (Fsp3) is 0.500. The molecule has 2 amide bonds. The van der Waals surface area contributed by atoms with Crippen LogP contribution in [-0.2, 0) is 20.9 Å². The molecule has 202 valence electrons. The molecule has 1 aromatic heterocycles. The first-order chi connectivity index (χ1) is 18.6. The number of benzene rings is 2. The highest BCUT2D eigenvalue weighted by atomic mass is 16.5. The zero-order valence-electron chi connectivity index (χ0n) is 22.0. The minimum absolute atomic E-state index is 0.0628. The summed E-state index contributed by atoms with van der Waals surface area (Å²) >= 11 is 0. The third-order valence-electron chi connectivity index (χ3n) is 7.44. The number of fused-ring (bicyclic) bond motifs is 1. The molecule has 38 heavy (non-hydrogen) atoms. The van der Waals surface area contributed by atoms with Crippen molar-refractivity contribution >= 4 is 22.8 Å². The van der Waals surface area contributed by atoms with Crippen LogP contribution in [0, 0.1) is 0 Å². The van der Waals surface area contributed by atoms with E-state index < -0.39 is 6.04 Å². The van der Waals surface area contributed by atoms with E-state index in [1.54, 1.807) is 42.0 Å². The van der Waals surface area contributed by atoms with Crippen LogP contribution in [0.2, 0.25) is 0 Å². The maximum Gasteiger partial charge on any atom is 0.247 e. The SMILES string of the molecule is COc1ccc(OC)c([C@H](C(=O)NC2CCCC2)N(C[C@H]2CCCO2)C(=O)Cn2nnc3ccccc32)c1. The summed E-state index contributed by atoms with van der Waals surface area (Å²) in [5.74, 6) is 0.589. The number of nitrogens with one attached hydrogen (secondary N) is 1. The average molecular weight is 522 g/mol. The fourth-order valence-electron chi connectivity index (χ4n) is 5.47. The van der Waals surface area contributed by atoms with Crippen molar-refractivity contribution in [3.05, 3.63) is 48.0 Å². The van der Waals surface area contributed by atoms with Crippen LogP contribution in [0.4, 0.5) is 0 Å². The smallest absolute Gasteiger partial charge is 0.247 e. The molecule has 0 spiro atoms. The predicted molar refractivity (Wildman–Crippen MR) is 141 cm³/mol. The number of para-hydroxylation sites is 1. The van der Waals surface area contributed by atoms with Crippen LogP contribution >= 0.6 is 0 Å². The van der Waals surface area contributed by atoms with Crippen LogP contribution in [0.5, 0.6) is 11.5 Å². The highest BCUT2D eigenvalue weighted by molar-refractivity contribution is 5.90. The van der Waals surface area contributed by atoms with Gasteiger partial charge >= 0.3 is 0 Å². The second-order valence-electron chi connectivity index (χ2n) is 9.92. The molecule has 1 saturated heterocycles. The largest absolute Gasteiger partial charge is 0.497 e. The maximum absolute atomic E-state index is 14.1. The second-order valence-corrected chi connectivity index (χ2v) is 9.92. The molecule has 2 aliphatic rings. The summed E-state index contributed by atoms with van der Waals surface area (Å²) in [4.78, 5) is 29.7. The summed E-state index contributed by atoms with van der Waals surface area (Å²) in [6.07, 6.45) is 5.59. The van der Waals surface area contributed by atoms with Crippen LogP contribution in [-0.4, -0.2) is 71.2 Å². The van der Waals surface area contributed by atoms with Gasteiger partial charge in [-0.3, -0.25) is 9.59 Å². The van der Waals surface area contributed by atoms with Crippen molar-refractivity contribution in [2.24, 2.45) is 0 Å². The number of aromatic nitrogens is 3. The van der Waals surface area contributed by atoms with E-state index in [4.69, 9.17) is 14.2 Å². The fourth-order valence-corrected chi connectivity index (χ4v) is 5.47. The summed E-state index contributed by atoms with van der Waals surface area (Å²) in [5.41, 5.74) is 2.02. The molecule has 3 aromatic rings. The Labute approximate surface area is 222 Å². The molecule has 1 aliphatic heterocycles. The first kappa shape index (κ1) is 26.0. The lowest BCUT2D eigenvalue weighted by Gasteiger charge is -2.34. The van der Waals surface area contributed by atoms with Gasteiger partial charge in [0, 0.05) is 24.8 Å².